The molecule has 2 atom stereocenters. The van der Waals surface area contributed by atoms with Crippen molar-refractivity contribution in [1.29, 1.82) is 0 Å². The van der Waals surface area contributed by atoms with E-state index >= 15 is 0 Å². The number of hydrogen-bond acceptors (Lipinski definition) is 2. The molecule has 1 aromatic carbocycles. The van der Waals surface area contributed by atoms with E-state index in [1.807, 2.05) is 6.20 Å². The molecule has 1 aliphatic rings. The molecule has 2 unspecified atom stereocenters. The Morgan fingerprint density at radius 3 is 3.10 bits per heavy atom. The second-order valence-corrected chi connectivity index (χ2v) is 6.06. The highest BCUT2D eigenvalue weighted by Gasteiger charge is 2.20. The topological polar surface area (TPSA) is 29.9 Å². The summed E-state index contributed by atoms with van der Waals surface area (Å²) in [4.78, 5) is 0. The van der Waals surface area contributed by atoms with Gasteiger partial charge in [0.15, 0.2) is 0 Å². The van der Waals surface area contributed by atoms with Crippen LogP contribution < -0.4 is 5.32 Å². The molecule has 3 rings (SSSR count). The van der Waals surface area contributed by atoms with Crippen LogP contribution in [0.4, 0.5) is 0 Å². The predicted octanol–water partition coefficient (Wildman–Crippen LogP) is 3.67. The minimum atomic E-state index is 0.377. The Morgan fingerprint density at radius 2 is 2.24 bits per heavy atom. The molecular formula is C18H25N3. The van der Waals surface area contributed by atoms with Crippen molar-refractivity contribution in [1.82, 2.24) is 15.1 Å². The summed E-state index contributed by atoms with van der Waals surface area (Å²) < 4.78 is 2.12. The van der Waals surface area contributed by atoms with Crippen LogP contribution in [-0.4, -0.2) is 16.3 Å². The molecule has 0 fully saturated rings. The molecule has 0 bridgehead atoms. The first-order valence-corrected chi connectivity index (χ1v) is 8.11. The predicted molar refractivity (Wildman–Crippen MR) is 86.4 cm³/mol. The van der Waals surface area contributed by atoms with E-state index in [1.54, 1.807) is 0 Å². The van der Waals surface area contributed by atoms with Gasteiger partial charge in [-0.25, -0.2) is 0 Å². The zero-order valence-electron chi connectivity index (χ0n) is 13.0. The summed E-state index contributed by atoms with van der Waals surface area (Å²) in [5, 5.41) is 8.00. The van der Waals surface area contributed by atoms with Gasteiger partial charge in [-0.05, 0) is 43.9 Å². The summed E-state index contributed by atoms with van der Waals surface area (Å²) in [7, 11) is 0. The van der Waals surface area contributed by atoms with Crippen LogP contribution in [0.25, 0.3) is 0 Å². The van der Waals surface area contributed by atoms with Crippen molar-refractivity contribution in [2.24, 2.45) is 0 Å². The Balaban J connectivity index is 1.73. The normalized spacial score (nSPS) is 19.2. The van der Waals surface area contributed by atoms with Crippen LogP contribution in [0, 0.1) is 0 Å². The van der Waals surface area contributed by atoms with Crippen molar-refractivity contribution in [3.8, 4) is 0 Å². The van der Waals surface area contributed by atoms with Gasteiger partial charge in [0.1, 0.15) is 0 Å². The van der Waals surface area contributed by atoms with Crippen molar-refractivity contribution in [3.05, 3.63) is 53.3 Å². The van der Waals surface area contributed by atoms with Crippen LogP contribution in [-0.2, 0) is 13.0 Å². The Bertz CT molecular complexity index is 588. The van der Waals surface area contributed by atoms with Gasteiger partial charge in [-0.2, -0.15) is 5.10 Å². The average Bonchev–Trinajstić information content (AvgIpc) is 2.97. The average molecular weight is 283 g/mol. The van der Waals surface area contributed by atoms with Gasteiger partial charge in [0, 0.05) is 30.3 Å². The van der Waals surface area contributed by atoms with Crippen LogP contribution in [0.5, 0.6) is 0 Å². The maximum atomic E-state index is 4.56. The van der Waals surface area contributed by atoms with Crippen molar-refractivity contribution in [2.45, 2.75) is 51.6 Å². The lowest BCUT2D eigenvalue weighted by molar-refractivity contribution is 0.456. The van der Waals surface area contributed by atoms with Gasteiger partial charge in [0.05, 0.1) is 6.20 Å². The van der Waals surface area contributed by atoms with Crippen LogP contribution >= 0.6 is 0 Å². The highest BCUT2D eigenvalue weighted by Crippen LogP contribution is 2.32. The van der Waals surface area contributed by atoms with Crippen molar-refractivity contribution in [2.75, 3.05) is 6.54 Å². The van der Waals surface area contributed by atoms with E-state index in [2.05, 4.69) is 59.4 Å². The van der Waals surface area contributed by atoms with Gasteiger partial charge < -0.3 is 5.32 Å². The summed E-state index contributed by atoms with van der Waals surface area (Å²) in [6.45, 7) is 6.32. The van der Waals surface area contributed by atoms with Gasteiger partial charge in [0.2, 0.25) is 0 Å². The number of nitrogens with one attached hydrogen (secondary N) is 1. The minimum absolute atomic E-state index is 0.377. The van der Waals surface area contributed by atoms with Gasteiger partial charge in [-0.1, -0.05) is 31.2 Å². The fraction of sp³-hybridized carbons (Fsp3) is 0.500. The minimum Gasteiger partial charge on any atom is -0.310 e. The molecule has 1 N–H and O–H groups in total. The molecule has 1 aliphatic carbocycles. The van der Waals surface area contributed by atoms with E-state index in [0.717, 1.165) is 13.1 Å². The third-order valence-corrected chi connectivity index (χ3v) is 4.56. The molecule has 21 heavy (non-hydrogen) atoms. The van der Waals surface area contributed by atoms with Crippen LogP contribution in [0.2, 0.25) is 0 Å². The standard InChI is InChI=1S/C18H25N3/c1-3-19-14(2)17-11-20-21(13-17)12-16-9-6-8-15-7-4-5-10-18(15)16/h4-5,7,10-11,13-14,16,19H,3,6,8-9,12H2,1-2H3. The van der Waals surface area contributed by atoms with E-state index in [9.17, 15) is 0 Å². The number of nitrogens with zero attached hydrogens (tertiary/aromatic N) is 2. The molecule has 3 heteroatoms. The summed E-state index contributed by atoms with van der Waals surface area (Å²) >= 11 is 0. The lowest BCUT2D eigenvalue weighted by atomic mass is 9.83. The summed E-state index contributed by atoms with van der Waals surface area (Å²) in [5.41, 5.74) is 4.34. The molecule has 0 aliphatic heterocycles. The maximum absolute atomic E-state index is 4.56. The first-order valence-electron chi connectivity index (χ1n) is 8.11. The summed E-state index contributed by atoms with van der Waals surface area (Å²) in [6, 6.07) is 9.28. The first kappa shape index (κ1) is 14.3. The summed E-state index contributed by atoms with van der Waals surface area (Å²) in [5.74, 6) is 0.608. The monoisotopic (exact) mass is 283 g/mol. The molecule has 1 aromatic heterocycles. The van der Waals surface area contributed by atoms with Crippen molar-refractivity contribution < 1.29 is 0 Å². The van der Waals surface area contributed by atoms with Crippen LogP contribution in [0.3, 0.4) is 0 Å². The Labute approximate surface area is 127 Å². The van der Waals surface area contributed by atoms with E-state index in [0.29, 0.717) is 12.0 Å². The highest BCUT2D eigenvalue weighted by atomic mass is 15.3. The third kappa shape index (κ3) is 3.18. The fourth-order valence-corrected chi connectivity index (χ4v) is 3.40. The smallest absolute Gasteiger partial charge is 0.0537 e. The number of rotatable bonds is 5. The fourth-order valence-electron chi connectivity index (χ4n) is 3.40. The largest absolute Gasteiger partial charge is 0.310 e. The summed E-state index contributed by atoms with van der Waals surface area (Å²) in [6.07, 6.45) is 8.00. The van der Waals surface area contributed by atoms with Gasteiger partial charge in [0.25, 0.3) is 0 Å². The van der Waals surface area contributed by atoms with E-state index in [4.69, 9.17) is 0 Å². The van der Waals surface area contributed by atoms with Gasteiger partial charge in [-0.3, -0.25) is 4.68 Å². The lowest BCUT2D eigenvalue weighted by Crippen LogP contribution is -2.17. The van der Waals surface area contributed by atoms with Crippen LogP contribution in [0.15, 0.2) is 36.7 Å². The first-order chi connectivity index (χ1) is 10.3. The molecule has 112 valence electrons. The Kier molecular flexibility index (Phi) is 4.39. The van der Waals surface area contributed by atoms with E-state index < -0.39 is 0 Å². The van der Waals surface area contributed by atoms with Crippen molar-refractivity contribution >= 4 is 0 Å². The molecule has 0 saturated carbocycles. The van der Waals surface area contributed by atoms with Gasteiger partial charge in [-0.15, -0.1) is 0 Å². The molecule has 1 heterocycles. The second-order valence-electron chi connectivity index (χ2n) is 6.06. The molecule has 0 spiro atoms. The number of aromatic nitrogens is 2. The zero-order valence-corrected chi connectivity index (χ0v) is 13.0. The SMILES string of the molecule is CCNC(C)c1cnn(CC2CCCc3ccccc32)c1. The highest BCUT2D eigenvalue weighted by molar-refractivity contribution is 5.32. The molecule has 0 amide bonds. The lowest BCUT2D eigenvalue weighted by Gasteiger charge is -2.25. The maximum Gasteiger partial charge on any atom is 0.0537 e. The Hall–Kier alpha value is -1.61. The zero-order chi connectivity index (χ0) is 14.7. The van der Waals surface area contributed by atoms with E-state index in [-0.39, 0.29) is 0 Å². The van der Waals surface area contributed by atoms with Crippen LogP contribution in [0.1, 0.15) is 55.3 Å². The number of benzene rings is 1. The molecule has 3 nitrogen and oxygen atoms in total. The molecule has 0 saturated heterocycles. The number of aryl methyl sites for hydroxylation is 1. The molecule has 2 aromatic rings. The molecule has 0 radical (unpaired) electrons. The number of hydrogen-bond donors (Lipinski definition) is 1. The molecular weight excluding hydrogens is 258 g/mol. The Morgan fingerprint density at radius 1 is 1.38 bits per heavy atom. The van der Waals surface area contributed by atoms with Gasteiger partial charge >= 0.3 is 0 Å². The quantitative estimate of drug-likeness (QED) is 0.907. The van der Waals surface area contributed by atoms with Crippen molar-refractivity contribution in [3.63, 3.8) is 0 Å². The third-order valence-electron chi connectivity index (χ3n) is 4.56. The number of fused-ring (bicyclic) bond motifs is 1. The second kappa shape index (κ2) is 6.44. The van der Waals surface area contributed by atoms with E-state index in [1.165, 1.54) is 36.0 Å².